The van der Waals surface area contributed by atoms with Gasteiger partial charge in [-0.15, -0.1) is 11.3 Å². The Kier molecular flexibility index (Phi) is 4.36. The Balaban J connectivity index is 1.84. The number of carboxylic acid groups (broad SMARTS) is 1. The number of carbonyl (C=O) groups is 2. The van der Waals surface area contributed by atoms with Crippen LogP contribution in [0.25, 0.3) is 0 Å². The zero-order valence-corrected chi connectivity index (χ0v) is 11.6. The van der Waals surface area contributed by atoms with Gasteiger partial charge in [0.15, 0.2) is 0 Å². The van der Waals surface area contributed by atoms with Crippen molar-refractivity contribution in [2.75, 3.05) is 13.1 Å². The van der Waals surface area contributed by atoms with Crippen LogP contribution in [0.5, 0.6) is 0 Å². The van der Waals surface area contributed by atoms with Gasteiger partial charge in [0.2, 0.25) is 0 Å². The van der Waals surface area contributed by atoms with Crippen molar-refractivity contribution in [1.82, 2.24) is 15.2 Å². The monoisotopic (exact) mass is 283 g/mol. The third-order valence-electron chi connectivity index (χ3n) is 3.12. The molecule has 0 bridgehead atoms. The van der Waals surface area contributed by atoms with Gasteiger partial charge in [-0.1, -0.05) is 0 Å². The number of carbonyl (C=O) groups excluding carboxylic acids is 1. The van der Waals surface area contributed by atoms with Gasteiger partial charge in [0.25, 0.3) is 0 Å². The van der Waals surface area contributed by atoms with E-state index in [0.717, 1.165) is 16.3 Å². The highest BCUT2D eigenvalue weighted by molar-refractivity contribution is 7.11. The van der Waals surface area contributed by atoms with Crippen LogP contribution >= 0.6 is 11.3 Å². The van der Waals surface area contributed by atoms with Crippen molar-refractivity contribution in [3.05, 3.63) is 16.1 Å². The fraction of sp³-hybridized carbons (Fsp3) is 0.583. The van der Waals surface area contributed by atoms with Crippen LogP contribution in [0.15, 0.2) is 6.20 Å². The number of likely N-dealkylation sites (tertiary alicyclic amines) is 1. The van der Waals surface area contributed by atoms with Gasteiger partial charge in [-0.25, -0.2) is 9.78 Å². The molecule has 19 heavy (non-hydrogen) atoms. The van der Waals surface area contributed by atoms with E-state index >= 15 is 0 Å². The number of nitrogens with one attached hydrogen (secondary N) is 1. The van der Waals surface area contributed by atoms with E-state index in [4.69, 9.17) is 5.11 Å². The maximum absolute atomic E-state index is 11.9. The van der Waals surface area contributed by atoms with Gasteiger partial charge in [0, 0.05) is 24.2 Å². The number of rotatable bonds is 3. The topological polar surface area (TPSA) is 82.5 Å². The number of carboxylic acids is 1. The van der Waals surface area contributed by atoms with Crippen LogP contribution in [0.4, 0.5) is 4.79 Å². The lowest BCUT2D eigenvalue weighted by molar-refractivity contribution is -0.143. The van der Waals surface area contributed by atoms with Crippen molar-refractivity contribution in [3.8, 4) is 0 Å². The molecule has 0 aliphatic carbocycles. The van der Waals surface area contributed by atoms with E-state index in [-0.39, 0.29) is 12.6 Å². The molecule has 2 amide bonds. The minimum absolute atomic E-state index is 0.209. The highest BCUT2D eigenvalue weighted by atomic mass is 32.1. The largest absolute Gasteiger partial charge is 0.481 e. The normalized spacial score (nSPS) is 19.2. The smallest absolute Gasteiger partial charge is 0.317 e. The molecule has 2 N–H and O–H groups in total. The summed E-state index contributed by atoms with van der Waals surface area (Å²) in [5.74, 6) is -1.27. The Morgan fingerprint density at radius 1 is 1.63 bits per heavy atom. The minimum atomic E-state index is -0.826. The molecular formula is C12H17N3O3S. The Labute approximate surface area is 115 Å². The molecule has 0 saturated carbocycles. The second-order valence-electron chi connectivity index (χ2n) is 4.65. The van der Waals surface area contributed by atoms with Crippen molar-refractivity contribution >= 4 is 23.3 Å². The fourth-order valence-electron chi connectivity index (χ4n) is 2.11. The lowest BCUT2D eigenvalue weighted by atomic mass is 9.99. The Bertz CT molecular complexity index is 475. The summed E-state index contributed by atoms with van der Waals surface area (Å²) < 4.78 is 0. The molecule has 1 aromatic heterocycles. The van der Waals surface area contributed by atoms with Crippen LogP contribution < -0.4 is 5.32 Å². The van der Waals surface area contributed by atoms with Gasteiger partial charge in [-0.2, -0.15) is 0 Å². The fourth-order valence-corrected chi connectivity index (χ4v) is 2.84. The van der Waals surface area contributed by atoms with E-state index in [1.54, 1.807) is 22.4 Å². The number of aryl methyl sites for hydroxylation is 1. The van der Waals surface area contributed by atoms with E-state index in [0.29, 0.717) is 19.5 Å². The number of nitrogens with zero attached hydrogens (tertiary/aromatic N) is 2. The molecule has 0 spiro atoms. The molecule has 1 aliphatic heterocycles. The molecule has 1 aromatic rings. The number of amides is 2. The molecular weight excluding hydrogens is 266 g/mol. The maximum Gasteiger partial charge on any atom is 0.317 e. The highest BCUT2D eigenvalue weighted by Gasteiger charge is 2.27. The molecule has 2 rings (SSSR count). The molecule has 0 aromatic carbocycles. The first-order valence-corrected chi connectivity index (χ1v) is 7.05. The van der Waals surface area contributed by atoms with E-state index in [1.165, 1.54) is 0 Å². The number of thiazole rings is 1. The van der Waals surface area contributed by atoms with Crippen LogP contribution in [0.3, 0.4) is 0 Å². The van der Waals surface area contributed by atoms with Crippen LogP contribution in [0.2, 0.25) is 0 Å². The summed E-state index contributed by atoms with van der Waals surface area (Å²) in [6, 6.07) is -0.209. The second-order valence-corrected chi connectivity index (χ2v) is 5.97. The maximum atomic E-state index is 11.9. The van der Waals surface area contributed by atoms with Crippen molar-refractivity contribution in [1.29, 1.82) is 0 Å². The number of aromatic nitrogens is 1. The highest BCUT2D eigenvalue weighted by Crippen LogP contribution is 2.17. The molecule has 0 unspecified atom stereocenters. The first-order valence-electron chi connectivity index (χ1n) is 6.23. The Morgan fingerprint density at radius 3 is 3.05 bits per heavy atom. The number of piperidine rings is 1. The summed E-state index contributed by atoms with van der Waals surface area (Å²) in [5.41, 5.74) is 0. The van der Waals surface area contributed by atoms with Gasteiger partial charge in [-0.3, -0.25) is 4.79 Å². The summed E-state index contributed by atoms with van der Waals surface area (Å²) in [6.45, 7) is 3.27. The molecule has 104 valence electrons. The number of hydrogen-bond donors (Lipinski definition) is 2. The van der Waals surface area contributed by atoms with Crippen LogP contribution in [-0.4, -0.2) is 40.1 Å². The van der Waals surface area contributed by atoms with E-state index in [1.807, 2.05) is 6.92 Å². The van der Waals surface area contributed by atoms with E-state index in [9.17, 15) is 9.59 Å². The lowest BCUT2D eigenvalue weighted by Gasteiger charge is -2.30. The Hall–Kier alpha value is -1.63. The molecule has 2 heterocycles. The SMILES string of the molecule is Cc1cnc(CNC(=O)N2CCC[C@@H](C(=O)O)C2)s1. The molecule has 6 nitrogen and oxygen atoms in total. The summed E-state index contributed by atoms with van der Waals surface area (Å²) >= 11 is 1.54. The third-order valence-corrected chi connectivity index (χ3v) is 4.03. The summed E-state index contributed by atoms with van der Waals surface area (Å²) in [6.07, 6.45) is 3.15. The predicted octanol–water partition coefficient (Wildman–Crippen LogP) is 1.46. The van der Waals surface area contributed by atoms with E-state index < -0.39 is 11.9 Å². The zero-order valence-electron chi connectivity index (χ0n) is 10.8. The quantitative estimate of drug-likeness (QED) is 0.879. The molecule has 7 heteroatoms. The Morgan fingerprint density at radius 2 is 2.42 bits per heavy atom. The summed E-state index contributed by atoms with van der Waals surface area (Å²) in [4.78, 5) is 29.7. The summed E-state index contributed by atoms with van der Waals surface area (Å²) in [5, 5.41) is 12.6. The average Bonchev–Trinajstić information content (AvgIpc) is 2.82. The van der Waals surface area contributed by atoms with Crippen LogP contribution in [0, 0.1) is 12.8 Å². The zero-order chi connectivity index (χ0) is 13.8. The van der Waals surface area contributed by atoms with Crippen molar-refractivity contribution < 1.29 is 14.7 Å². The van der Waals surface area contributed by atoms with Crippen LogP contribution in [-0.2, 0) is 11.3 Å². The van der Waals surface area contributed by atoms with Gasteiger partial charge in [0.1, 0.15) is 5.01 Å². The first kappa shape index (κ1) is 13.8. The van der Waals surface area contributed by atoms with Crippen LogP contribution in [0.1, 0.15) is 22.7 Å². The number of hydrogen-bond acceptors (Lipinski definition) is 4. The number of urea groups is 1. The third kappa shape index (κ3) is 3.66. The van der Waals surface area contributed by atoms with Crippen molar-refractivity contribution in [2.24, 2.45) is 5.92 Å². The van der Waals surface area contributed by atoms with Gasteiger partial charge < -0.3 is 15.3 Å². The first-order chi connectivity index (χ1) is 9.06. The average molecular weight is 283 g/mol. The lowest BCUT2D eigenvalue weighted by Crippen LogP contribution is -2.46. The molecule has 1 aliphatic rings. The second kappa shape index (κ2) is 6.01. The molecule has 0 radical (unpaired) electrons. The van der Waals surface area contributed by atoms with Gasteiger partial charge >= 0.3 is 12.0 Å². The van der Waals surface area contributed by atoms with Gasteiger partial charge in [-0.05, 0) is 19.8 Å². The molecule has 1 saturated heterocycles. The number of aliphatic carboxylic acids is 1. The van der Waals surface area contributed by atoms with Crippen molar-refractivity contribution in [2.45, 2.75) is 26.3 Å². The van der Waals surface area contributed by atoms with E-state index in [2.05, 4.69) is 10.3 Å². The van der Waals surface area contributed by atoms with Gasteiger partial charge in [0.05, 0.1) is 12.5 Å². The minimum Gasteiger partial charge on any atom is -0.481 e. The van der Waals surface area contributed by atoms with Crippen molar-refractivity contribution in [3.63, 3.8) is 0 Å². The molecule has 1 fully saturated rings. The summed E-state index contributed by atoms with van der Waals surface area (Å²) in [7, 11) is 0. The molecule has 1 atom stereocenters. The standard InChI is InChI=1S/C12H17N3O3S/c1-8-5-13-10(19-8)6-14-12(18)15-4-2-3-9(7-15)11(16)17/h5,9H,2-4,6-7H2,1H3,(H,14,18)(H,16,17)/t9-/m1/s1. The predicted molar refractivity (Wildman–Crippen MR) is 71.0 cm³/mol.